The Balaban J connectivity index is 1.65. The molecule has 0 aromatic rings. The van der Waals surface area contributed by atoms with Crippen LogP contribution < -0.4 is 0 Å². The molecule has 0 atom stereocenters. The van der Waals surface area contributed by atoms with Crippen LogP contribution in [0.5, 0.6) is 0 Å². The Kier molecular flexibility index (Phi) is 7.93. The van der Waals surface area contributed by atoms with E-state index < -0.39 is 0 Å². The van der Waals surface area contributed by atoms with E-state index in [9.17, 15) is 4.79 Å². The Hall–Kier alpha value is -1.71. The van der Waals surface area contributed by atoms with E-state index in [2.05, 4.69) is 18.7 Å². The summed E-state index contributed by atoms with van der Waals surface area (Å²) in [6, 6.07) is 0. The SMILES string of the molecule is C=C(C)C(=O)OCCCCCC(OC1=CCCC1)OC1=CCCC1. The summed E-state index contributed by atoms with van der Waals surface area (Å²) in [4.78, 5) is 11.3. The molecule has 2 rings (SSSR count). The molecule has 0 radical (unpaired) electrons. The Labute approximate surface area is 145 Å². The van der Waals surface area contributed by atoms with Crippen molar-refractivity contribution in [3.05, 3.63) is 35.8 Å². The third-order valence-corrected chi connectivity index (χ3v) is 4.23. The lowest BCUT2D eigenvalue weighted by Gasteiger charge is -2.22. The monoisotopic (exact) mass is 334 g/mol. The Morgan fingerprint density at radius 1 is 1.08 bits per heavy atom. The molecule has 0 bridgehead atoms. The van der Waals surface area contributed by atoms with E-state index in [1.165, 1.54) is 12.8 Å². The molecule has 0 fully saturated rings. The van der Waals surface area contributed by atoms with Gasteiger partial charge in [0.2, 0.25) is 6.29 Å². The maximum absolute atomic E-state index is 11.3. The van der Waals surface area contributed by atoms with Crippen molar-refractivity contribution in [3.8, 4) is 0 Å². The highest BCUT2D eigenvalue weighted by Crippen LogP contribution is 2.26. The zero-order chi connectivity index (χ0) is 17.2. The summed E-state index contributed by atoms with van der Waals surface area (Å²) in [5.74, 6) is 1.85. The zero-order valence-electron chi connectivity index (χ0n) is 14.9. The molecule has 4 heteroatoms. The number of ether oxygens (including phenoxy) is 3. The minimum atomic E-state index is -0.305. The molecule has 0 saturated carbocycles. The Morgan fingerprint density at radius 3 is 2.21 bits per heavy atom. The number of unbranched alkanes of at least 4 members (excludes halogenated alkanes) is 2. The number of allylic oxidation sites excluding steroid dienone is 4. The molecule has 24 heavy (non-hydrogen) atoms. The lowest BCUT2D eigenvalue weighted by Crippen LogP contribution is -2.16. The summed E-state index contributed by atoms with van der Waals surface area (Å²) < 4.78 is 17.2. The van der Waals surface area contributed by atoms with E-state index in [0.29, 0.717) is 12.2 Å². The van der Waals surface area contributed by atoms with Crippen molar-refractivity contribution in [1.82, 2.24) is 0 Å². The van der Waals surface area contributed by atoms with Gasteiger partial charge < -0.3 is 14.2 Å². The highest BCUT2D eigenvalue weighted by molar-refractivity contribution is 5.86. The molecule has 0 heterocycles. The first-order valence-electron chi connectivity index (χ1n) is 9.19. The second-order valence-electron chi connectivity index (χ2n) is 6.56. The van der Waals surface area contributed by atoms with Gasteiger partial charge in [0.05, 0.1) is 18.1 Å². The van der Waals surface area contributed by atoms with Crippen LogP contribution >= 0.6 is 0 Å². The van der Waals surface area contributed by atoms with Crippen molar-refractivity contribution in [1.29, 1.82) is 0 Å². The van der Waals surface area contributed by atoms with Crippen LogP contribution in [-0.2, 0) is 19.0 Å². The highest BCUT2D eigenvalue weighted by Gasteiger charge is 2.18. The van der Waals surface area contributed by atoms with Crippen molar-refractivity contribution >= 4 is 5.97 Å². The van der Waals surface area contributed by atoms with E-state index in [0.717, 1.165) is 62.9 Å². The normalized spacial score (nSPS) is 16.8. The van der Waals surface area contributed by atoms with Gasteiger partial charge in [0.1, 0.15) is 0 Å². The summed E-state index contributed by atoms with van der Waals surface area (Å²) in [5, 5.41) is 0. The van der Waals surface area contributed by atoms with Gasteiger partial charge in [0, 0.05) is 24.8 Å². The molecule has 0 spiro atoms. The predicted molar refractivity (Wildman–Crippen MR) is 94.1 cm³/mol. The molecule has 2 aliphatic rings. The molecule has 0 aliphatic heterocycles. The van der Waals surface area contributed by atoms with E-state index in [1.54, 1.807) is 6.92 Å². The molecular formula is C20H30O4. The summed E-state index contributed by atoms with van der Waals surface area (Å²) in [6.45, 7) is 5.69. The van der Waals surface area contributed by atoms with Gasteiger partial charge in [-0.3, -0.25) is 0 Å². The summed E-state index contributed by atoms with van der Waals surface area (Å²) in [6.07, 6.45) is 14.5. The van der Waals surface area contributed by atoms with Crippen molar-refractivity contribution in [2.45, 2.75) is 77.4 Å². The van der Waals surface area contributed by atoms with Crippen molar-refractivity contribution in [3.63, 3.8) is 0 Å². The highest BCUT2D eigenvalue weighted by atomic mass is 16.7. The van der Waals surface area contributed by atoms with E-state index in [4.69, 9.17) is 14.2 Å². The van der Waals surface area contributed by atoms with Crippen LogP contribution in [0.15, 0.2) is 35.8 Å². The van der Waals surface area contributed by atoms with Gasteiger partial charge >= 0.3 is 5.97 Å². The van der Waals surface area contributed by atoms with Gasteiger partial charge in [-0.05, 0) is 64.0 Å². The van der Waals surface area contributed by atoms with E-state index >= 15 is 0 Å². The topological polar surface area (TPSA) is 44.8 Å². The Morgan fingerprint density at radius 2 is 1.71 bits per heavy atom. The molecule has 0 saturated heterocycles. The van der Waals surface area contributed by atoms with E-state index in [1.807, 2.05) is 0 Å². The fourth-order valence-corrected chi connectivity index (χ4v) is 2.85. The fraction of sp³-hybridized carbons (Fsp3) is 0.650. The number of hydrogen-bond donors (Lipinski definition) is 0. The zero-order valence-corrected chi connectivity index (χ0v) is 14.9. The van der Waals surface area contributed by atoms with Crippen LogP contribution in [0.4, 0.5) is 0 Å². The van der Waals surface area contributed by atoms with Crippen molar-refractivity contribution in [2.75, 3.05) is 6.61 Å². The van der Waals surface area contributed by atoms with Gasteiger partial charge in [-0.15, -0.1) is 0 Å². The molecule has 0 unspecified atom stereocenters. The molecular weight excluding hydrogens is 304 g/mol. The predicted octanol–water partition coefficient (Wildman–Crippen LogP) is 5.16. The van der Waals surface area contributed by atoms with Crippen LogP contribution in [0.25, 0.3) is 0 Å². The molecule has 0 N–H and O–H groups in total. The van der Waals surface area contributed by atoms with Gasteiger partial charge in [0.15, 0.2) is 0 Å². The minimum absolute atomic E-state index is 0.184. The van der Waals surface area contributed by atoms with Gasteiger partial charge in [-0.25, -0.2) is 4.79 Å². The third-order valence-electron chi connectivity index (χ3n) is 4.23. The van der Waals surface area contributed by atoms with Crippen LogP contribution in [0.1, 0.15) is 71.1 Å². The first kappa shape index (κ1) is 18.6. The van der Waals surface area contributed by atoms with Crippen molar-refractivity contribution < 1.29 is 19.0 Å². The lowest BCUT2D eigenvalue weighted by molar-refractivity contribution is -0.139. The minimum Gasteiger partial charge on any atom is -0.462 e. The van der Waals surface area contributed by atoms with Gasteiger partial charge in [0.25, 0.3) is 0 Å². The largest absolute Gasteiger partial charge is 0.462 e. The first-order valence-corrected chi connectivity index (χ1v) is 9.19. The van der Waals surface area contributed by atoms with Crippen LogP contribution in [0, 0.1) is 0 Å². The molecule has 2 aliphatic carbocycles. The fourth-order valence-electron chi connectivity index (χ4n) is 2.85. The smallest absolute Gasteiger partial charge is 0.333 e. The van der Waals surface area contributed by atoms with Crippen molar-refractivity contribution in [2.24, 2.45) is 0 Å². The molecule has 4 nitrogen and oxygen atoms in total. The third kappa shape index (κ3) is 6.81. The number of esters is 1. The standard InChI is InChI=1S/C20H30O4/c1-16(2)20(21)22-15-9-3-4-14-19(23-17-10-5-6-11-17)24-18-12-7-8-13-18/h10,12,19H,1,3-9,11,13-15H2,2H3. The number of carbonyl (C=O) groups is 1. The maximum atomic E-state index is 11.3. The molecule has 0 amide bonds. The second-order valence-corrected chi connectivity index (χ2v) is 6.56. The average Bonchev–Trinajstić information content (AvgIpc) is 3.24. The molecule has 134 valence electrons. The molecule has 0 aromatic heterocycles. The van der Waals surface area contributed by atoms with Crippen LogP contribution in [0.2, 0.25) is 0 Å². The summed E-state index contributed by atoms with van der Waals surface area (Å²) >= 11 is 0. The maximum Gasteiger partial charge on any atom is 0.333 e. The number of carbonyl (C=O) groups excluding carboxylic acids is 1. The van der Waals surface area contributed by atoms with Crippen LogP contribution in [0.3, 0.4) is 0 Å². The second kappa shape index (κ2) is 10.2. The van der Waals surface area contributed by atoms with E-state index in [-0.39, 0.29) is 12.3 Å². The number of rotatable bonds is 11. The quantitative estimate of drug-likeness (QED) is 0.226. The average molecular weight is 334 g/mol. The van der Waals surface area contributed by atoms with Gasteiger partial charge in [-0.1, -0.05) is 6.58 Å². The molecule has 0 aromatic carbocycles. The Bertz CT molecular complexity index is 464. The number of hydrogen-bond acceptors (Lipinski definition) is 4. The van der Waals surface area contributed by atoms with Crippen LogP contribution in [-0.4, -0.2) is 18.9 Å². The lowest BCUT2D eigenvalue weighted by atomic mass is 10.2. The van der Waals surface area contributed by atoms with Gasteiger partial charge in [-0.2, -0.15) is 0 Å². The summed E-state index contributed by atoms with van der Waals surface area (Å²) in [7, 11) is 0. The first-order chi connectivity index (χ1) is 11.6. The summed E-state index contributed by atoms with van der Waals surface area (Å²) in [5.41, 5.74) is 0.451.